The molecule has 1 N–H and O–H groups in total. The highest BCUT2D eigenvalue weighted by Crippen LogP contribution is 2.34. The summed E-state index contributed by atoms with van der Waals surface area (Å²) in [6.45, 7) is 1.85. The second-order valence-corrected chi connectivity index (χ2v) is 5.26. The highest BCUT2D eigenvalue weighted by atomic mass is 32.1. The van der Waals surface area contributed by atoms with E-state index in [4.69, 9.17) is 5.11 Å². The van der Waals surface area contributed by atoms with Gasteiger partial charge in [0.25, 0.3) is 0 Å². The average molecular weight is 269 g/mol. The molecule has 3 aromatic rings. The SMILES string of the molecule is Cc1nc(C(=O)O)sc1-c1cccc2ccccc12. The van der Waals surface area contributed by atoms with Crippen molar-refractivity contribution in [2.75, 3.05) is 0 Å². The van der Waals surface area contributed by atoms with Gasteiger partial charge >= 0.3 is 5.97 Å². The van der Waals surface area contributed by atoms with Crippen LogP contribution in [0.1, 0.15) is 15.5 Å². The third kappa shape index (κ3) is 2.00. The molecule has 0 saturated carbocycles. The van der Waals surface area contributed by atoms with Crippen molar-refractivity contribution in [3.05, 3.63) is 53.2 Å². The molecule has 0 bridgehead atoms. The zero-order chi connectivity index (χ0) is 13.4. The number of aromatic carboxylic acids is 1. The van der Waals surface area contributed by atoms with Crippen LogP contribution in [0, 0.1) is 6.92 Å². The van der Waals surface area contributed by atoms with Crippen LogP contribution in [-0.2, 0) is 0 Å². The summed E-state index contributed by atoms with van der Waals surface area (Å²) in [6.07, 6.45) is 0. The Hall–Kier alpha value is -2.20. The summed E-state index contributed by atoms with van der Waals surface area (Å²) >= 11 is 1.22. The molecule has 1 heterocycles. The molecule has 0 saturated heterocycles. The Labute approximate surface area is 114 Å². The number of aromatic nitrogens is 1. The van der Waals surface area contributed by atoms with Crippen LogP contribution in [0.3, 0.4) is 0 Å². The number of carboxylic acids is 1. The molecular formula is C15H11NO2S. The first-order chi connectivity index (χ1) is 9.16. The van der Waals surface area contributed by atoms with Crippen molar-refractivity contribution in [3.8, 4) is 10.4 Å². The Morgan fingerprint density at radius 3 is 2.63 bits per heavy atom. The Balaban J connectivity index is 2.27. The van der Waals surface area contributed by atoms with E-state index in [1.165, 1.54) is 11.3 Å². The van der Waals surface area contributed by atoms with Crippen molar-refractivity contribution < 1.29 is 9.90 Å². The molecule has 0 atom stereocenters. The Kier molecular flexibility index (Phi) is 2.80. The molecule has 19 heavy (non-hydrogen) atoms. The lowest BCUT2D eigenvalue weighted by molar-refractivity contribution is 0.0696. The zero-order valence-corrected chi connectivity index (χ0v) is 11.1. The number of carbonyl (C=O) groups is 1. The lowest BCUT2D eigenvalue weighted by atomic mass is 10.0. The molecule has 0 spiro atoms. The minimum absolute atomic E-state index is 0.139. The van der Waals surface area contributed by atoms with Crippen LogP contribution in [0.15, 0.2) is 42.5 Å². The quantitative estimate of drug-likeness (QED) is 0.765. The predicted molar refractivity (Wildman–Crippen MR) is 76.8 cm³/mol. The molecule has 1 aromatic heterocycles. The number of hydrogen-bond donors (Lipinski definition) is 1. The maximum Gasteiger partial charge on any atom is 0.365 e. The topological polar surface area (TPSA) is 50.2 Å². The van der Waals surface area contributed by atoms with Crippen LogP contribution < -0.4 is 0 Å². The lowest BCUT2D eigenvalue weighted by Gasteiger charge is -2.04. The molecule has 3 rings (SSSR count). The normalized spacial score (nSPS) is 10.8. The Bertz CT molecular complexity index is 771. The predicted octanol–water partition coefficient (Wildman–Crippen LogP) is 3.97. The fourth-order valence-corrected chi connectivity index (χ4v) is 3.11. The maximum atomic E-state index is 11.0. The molecule has 0 amide bonds. The van der Waals surface area contributed by atoms with Crippen molar-refractivity contribution in [1.82, 2.24) is 4.98 Å². The number of thiazole rings is 1. The smallest absolute Gasteiger partial charge is 0.365 e. The van der Waals surface area contributed by atoms with Crippen molar-refractivity contribution in [2.45, 2.75) is 6.92 Å². The molecule has 0 aliphatic rings. The molecule has 0 aliphatic carbocycles. The first kappa shape index (κ1) is 11.9. The fraction of sp³-hybridized carbons (Fsp3) is 0.0667. The first-order valence-electron chi connectivity index (χ1n) is 5.85. The van der Waals surface area contributed by atoms with E-state index in [-0.39, 0.29) is 5.01 Å². The minimum atomic E-state index is -0.973. The summed E-state index contributed by atoms with van der Waals surface area (Å²) in [5.74, 6) is -0.973. The van der Waals surface area contributed by atoms with Gasteiger partial charge in [0, 0.05) is 5.56 Å². The second kappa shape index (κ2) is 4.48. The summed E-state index contributed by atoms with van der Waals surface area (Å²) in [6, 6.07) is 14.1. The molecule has 0 radical (unpaired) electrons. The van der Waals surface area contributed by atoms with E-state index in [2.05, 4.69) is 4.98 Å². The summed E-state index contributed by atoms with van der Waals surface area (Å²) in [5.41, 5.74) is 1.80. The van der Waals surface area contributed by atoms with E-state index in [9.17, 15) is 4.79 Å². The van der Waals surface area contributed by atoms with Crippen LogP contribution in [0.5, 0.6) is 0 Å². The molecule has 4 heteroatoms. The third-order valence-corrected chi connectivity index (χ3v) is 4.19. The van der Waals surface area contributed by atoms with E-state index in [0.29, 0.717) is 0 Å². The van der Waals surface area contributed by atoms with Crippen LogP contribution in [0.25, 0.3) is 21.2 Å². The van der Waals surface area contributed by atoms with Gasteiger partial charge in [-0.25, -0.2) is 9.78 Å². The third-order valence-electron chi connectivity index (χ3n) is 3.01. The van der Waals surface area contributed by atoms with Gasteiger partial charge in [-0.05, 0) is 17.7 Å². The highest BCUT2D eigenvalue weighted by molar-refractivity contribution is 7.17. The summed E-state index contributed by atoms with van der Waals surface area (Å²) in [5, 5.41) is 11.4. The monoisotopic (exact) mass is 269 g/mol. The van der Waals surface area contributed by atoms with Gasteiger partial charge in [-0.15, -0.1) is 11.3 Å². The Morgan fingerprint density at radius 1 is 1.16 bits per heavy atom. The standard InChI is InChI=1S/C15H11NO2S/c1-9-13(19-14(16-9)15(17)18)12-8-4-6-10-5-2-3-7-11(10)12/h2-8H,1H3,(H,17,18). The minimum Gasteiger partial charge on any atom is -0.476 e. The lowest BCUT2D eigenvalue weighted by Crippen LogP contribution is -1.93. The van der Waals surface area contributed by atoms with E-state index in [1.54, 1.807) is 0 Å². The van der Waals surface area contributed by atoms with Crippen LogP contribution in [-0.4, -0.2) is 16.1 Å². The van der Waals surface area contributed by atoms with E-state index < -0.39 is 5.97 Å². The van der Waals surface area contributed by atoms with E-state index >= 15 is 0 Å². The van der Waals surface area contributed by atoms with Crippen molar-refractivity contribution in [1.29, 1.82) is 0 Å². The Morgan fingerprint density at radius 2 is 1.89 bits per heavy atom. The van der Waals surface area contributed by atoms with Gasteiger partial charge in [0.1, 0.15) is 0 Å². The van der Waals surface area contributed by atoms with Gasteiger partial charge in [0.2, 0.25) is 5.01 Å². The van der Waals surface area contributed by atoms with Crippen molar-refractivity contribution in [3.63, 3.8) is 0 Å². The average Bonchev–Trinajstić information content (AvgIpc) is 2.80. The van der Waals surface area contributed by atoms with Gasteiger partial charge in [-0.3, -0.25) is 0 Å². The summed E-state index contributed by atoms with van der Waals surface area (Å²) in [7, 11) is 0. The molecule has 0 fully saturated rings. The van der Waals surface area contributed by atoms with Gasteiger partial charge in [0.05, 0.1) is 10.6 Å². The molecule has 0 aliphatic heterocycles. The number of fused-ring (bicyclic) bond motifs is 1. The second-order valence-electron chi connectivity index (χ2n) is 4.27. The molecule has 3 nitrogen and oxygen atoms in total. The number of nitrogens with zero attached hydrogens (tertiary/aromatic N) is 1. The maximum absolute atomic E-state index is 11.0. The summed E-state index contributed by atoms with van der Waals surface area (Å²) in [4.78, 5) is 16.0. The number of hydrogen-bond acceptors (Lipinski definition) is 3. The molecule has 2 aromatic carbocycles. The van der Waals surface area contributed by atoms with Crippen LogP contribution in [0.4, 0.5) is 0 Å². The van der Waals surface area contributed by atoms with Gasteiger partial charge in [0.15, 0.2) is 0 Å². The summed E-state index contributed by atoms with van der Waals surface area (Å²) < 4.78 is 0. The number of carboxylic acid groups (broad SMARTS) is 1. The molecule has 0 unspecified atom stereocenters. The number of rotatable bonds is 2. The number of benzene rings is 2. The van der Waals surface area contributed by atoms with E-state index in [0.717, 1.165) is 26.9 Å². The van der Waals surface area contributed by atoms with Gasteiger partial charge in [-0.2, -0.15) is 0 Å². The van der Waals surface area contributed by atoms with Gasteiger partial charge in [-0.1, -0.05) is 42.5 Å². The molecule has 94 valence electrons. The van der Waals surface area contributed by atoms with Crippen molar-refractivity contribution in [2.24, 2.45) is 0 Å². The number of aryl methyl sites for hydroxylation is 1. The van der Waals surface area contributed by atoms with Crippen molar-refractivity contribution >= 4 is 28.1 Å². The zero-order valence-electron chi connectivity index (χ0n) is 10.3. The van der Waals surface area contributed by atoms with Gasteiger partial charge < -0.3 is 5.11 Å². The first-order valence-corrected chi connectivity index (χ1v) is 6.67. The fourth-order valence-electron chi connectivity index (χ4n) is 2.16. The van der Waals surface area contributed by atoms with Crippen LogP contribution in [0.2, 0.25) is 0 Å². The van der Waals surface area contributed by atoms with E-state index in [1.807, 2.05) is 49.4 Å². The highest BCUT2D eigenvalue weighted by Gasteiger charge is 2.15. The largest absolute Gasteiger partial charge is 0.476 e. The van der Waals surface area contributed by atoms with Crippen LogP contribution >= 0.6 is 11.3 Å². The molecular weight excluding hydrogens is 258 g/mol.